The first-order valence-electron chi connectivity index (χ1n) is 5.42. The van der Waals surface area contributed by atoms with Crippen molar-refractivity contribution < 1.29 is 0 Å². The molecule has 84 valence electrons. The minimum absolute atomic E-state index is 0.647. The summed E-state index contributed by atoms with van der Waals surface area (Å²) >= 11 is 0. The van der Waals surface area contributed by atoms with Crippen LogP contribution in [0.25, 0.3) is 0 Å². The molecule has 1 heterocycles. The molecule has 0 bridgehead atoms. The van der Waals surface area contributed by atoms with Crippen LogP contribution < -0.4 is 10.2 Å². The molecule has 0 saturated heterocycles. The van der Waals surface area contributed by atoms with Crippen LogP contribution in [-0.4, -0.2) is 32.2 Å². The Kier molecular flexibility index (Phi) is 4.56. The van der Waals surface area contributed by atoms with Gasteiger partial charge in [0, 0.05) is 31.2 Å². The molecule has 0 saturated carbocycles. The largest absolute Gasteiger partial charge is 0.374 e. The first-order chi connectivity index (χ1) is 7.13. The second-order valence-electron chi connectivity index (χ2n) is 4.20. The van der Waals surface area contributed by atoms with E-state index >= 15 is 0 Å². The number of anilines is 1. The molecule has 1 aromatic heterocycles. The van der Waals surface area contributed by atoms with Gasteiger partial charge in [0.05, 0.1) is 0 Å². The average Bonchev–Trinajstić information content (AvgIpc) is 2.18. The van der Waals surface area contributed by atoms with Crippen molar-refractivity contribution in [2.75, 3.05) is 32.1 Å². The molecule has 3 heteroatoms. The quantitative estimate of drug-likeness (QED) is 0.796. The third-order valence-corrected chi connectivity index (χ3v) is 2.46. The van der Waals surface area contributed by atoms with Crippen molar-refractivity contribution in [2.24, 2.45) is 5.92 Å². The van der Waals surface area contributed by atoms with Crippen LogP contribution in [0.2, 0.25) is 0 Å². The van der Waals surface area contributed by atoms with E-state index < -0.39 is 0 Å². The lowest BCUT2D eigenvalue weighted by Crippen LogP contribution is -2.29. The molecule has 1 atom stereocenters. The number of hydrogen-bond donors (Lipinski definition) is 1. The molecule has 0 radical (unpaired) electrons. The zero-order chi connectivity index (χ0) is 11.3. The predicted octanol–water partition coefficient (Wildman–Crippen LogP) is 1.68. The Hall–Kier alpha value is -1.09. The highest BCUT2D eigenvalue weighted by Crippen LogP contribution is 2.13. The second kappa shape index (κ2) is 5.71. The molecular formula is C12H21N3. The number of hydrogen-bond acceptors (Lipinski definition) is 3. The van der Waals surface area contributed by atoms with E-state index in [1.165, 1.54) is 5.69 Å². The number of aromatic nitrogens is 1. The van der Waals surface area contributed by atoms with Crippen molar-refractivity contribution in [1.82, 2.24) is 10.3 Å². The van der Waals surface area contributed by atoms with Crippen molar-refractivity contribution in [2.45, 2.75) is 13.8 Å². The maximum Gasteiger partial charge on any atom is 0.0397 e. The summed E-state index contributed by atoms with van der Waals surface area (Å²) in [5.41, 5.74) is 2.31. The van der Waals surface area contributed by atoms with E-state index in [1.807, 2.05) is 20.2 Å². The number of pyridine rings is 1. The van der Waals surface area contributed by atoms with Crippen molar-refractivity contribution >= 4 is 5.69 Å². The van der Waals surface area contributed by atoms with Gasteiger partial charge in [-0.3, -0.25) is 4.98 Å². The minimum atomic E-state index is 0.647. The second-order valence-corrected chi connectivity index (χ2v) is 4.20. The third-order valence-electron chi connectivity index (χ3n) is 2.46. The van der Waals surface area contributed by atoms with Gasteiger partial charge in [0.25, 0.3) is 0 Å². The fourth-order valence-corrected chi connectivity index (χ4v) is 1.75. The molecule has 0 aliphatic carbocycles. The van der Waals surface area contributed by atoms with Gasteiger partial charge in [0.2, 0.25) is 0 Å². The first kappa shape index (κ1) is 12.0. The summed E-state index contributed by atoms with van der Waals surface area (Å²) in [6, 6.07) is 4.17. The van der Waals surface area contributed by atoms with Crippen LogP contribution in [-0.2, 0) is 0 Å². The van der Waals surface area contributed by atoms with Crippen molar-refractivity contribution in [3.63, 3.8) is 0 Å². The number of nitrogens with one attached hydrogen (secondary N) is 1. The molecule has 0 aliphatic rings. The van der Waals surface area contributed by atoms with Gasteiger partial charge in [-0.05, 0) is 38.6 Å². The lowest BCUT2D eigenvalue weighted by molar-refractivity contribution is 0.542. The maximum absolute atomic E-state index is 4.20. The van der Waals surface area contributed by atoms with Gasteiger partial charge in [-0.1, -0.05) is 6.92 Å². The smallest absolute Gasteiger partial charge is 0.0397 e. The fourth-order valence-electron chi connectivity index (χ4n) is 1.75. The molecule has 0 fully saturated rings. The Bertz CT molecular complexity index is 299. The van der Waals surface area contributed by atoms with Crippen LogP contribution in [0.4, 0.5) is 5.69 Å². The van der Waals surface area contributed by atoms with Gasteiger partial charge in [-0.15, -0.1) is 0 Å². The van der Waals surface area contributed by atoms with E-state index in [0.717, 1.165) is 18.8 Å². The van der Waals surface area contributed by atoms with Crippen LogP contribution in [0.15, 0.2) is 18.3 Å². The molecule has 0 spiro atoms. The standard InChI is InChI=1S/C12H21N3/c1-10(8-13-3)9-15(4)12-5-6-14-11(2)7-12/h5-7,10,13H,8-9H2,1-4H3. The van der Waals surface area contributed by atoms with Crippen molar-refractivity contribution in [1.29, 1.82) is 0 Å². The average molecular weight is 207 g/mol. The summed E-state index contributed by atoms with van der Waals surface area (Å²) in [6.45, 7) is 6.38. The lowest BCUT2D eigenvalue weighted by Gasteiger charge is -2.23. The van der Waals surface area contributed by atoms with Crippen LogP contribution in [0.3, 0.4) is 0 Å². The van der Waals surface area contributed by atoms with Crippen LogP contribution in [0.1, 0.15) is 12.6 Å². The van der Waals surface area contributed by atoms with Gasteiger partial charge in [-0.2, -0.15) is 0 Å². The highest BCUT2D eigenvalue weighted by molar-refractivity contribution is 5.45. The van der Waals surface area contributed by atoms with E-state index in [-0.39, 0.29) is 0 Å². The molecule has 1 rings (SSSR count). The summed E-state index contributed by atoms with van der Waals surface area (Å²) in [7, 11) is 4.12. The van der Waals surface area contributed by atoms with Crippen LogP contribution >= 0.6 is 0 Å². The van der Waals surface area contributed by atoms with Crippen molar-refractivity contribution in [3.8, 4) is 0 Å². The summed E-state index contributed by atoms with van der Waals surface area (Å²) in [6.07, 6.45) is 1.86. The highest BCUT2D eigenvalue weighted by Gasteiger charge is 2.06. The molecule has 1 aromatic rings. The fraction of sp³-hybridized carbons (Fsp3) is 0.583. The van der Waals surface area contributed by atoms with Gasteiger partial charge in [-0.25, -0.2) is 0 Å². The molecule has 15 heavy (non-hydrogen) atoms. The highest BCUT2D eigenvalue weighted by atomic mass is 15.1. The SMILES string of the molecule is CNCC(C)CN(C)c1ccnc(C)c1. The Morgan fingerprint density at radius 1 is 1.53 bits per heavy atom. The Labute approximate surface area is 92.5 Å². The van der Waals surface area contributed by atoms with Gasteiger partial charge in [0.1, 0.15) is 0 Å². The minimum Gasteiger partial charge on any atom is -0.374 e. The van der Waals surface area contributed by atoms with Crippen molar-refractivity contribution in [3.05, 3.63) is 24.0 Å². The summed E-state index contributed by atoms with van der Waals surface area (Å²) in [5.74, 6) is 0.647. The third kappa shape index (κ3) is 3.88. The lowest BCUT2D eigenvalue weighted by atomic mass is 10.1. The van der Waals surface area contributed by atoms with Gasteiger partial charge >= 0.3 is 0 Å². The zero-order valence-electron chi connectivity index (χ0n) is 10.1. The van der Waals surface area contributed by atoms with E-state index in [9.17, 15) is 0 Å². The normalized spacial score (nSPS) is 12.5. The van der Waals surface area contributed by atoms with E-state index in [0.29, 0.717) is 5.92 Å². The molecule has 0 amide bonds. The first-order valence-corrected chi connectivity index (χ1v) is 5.42. The zero-order valence-corrected chi connectivity index (χ0v) is 10.1. The van der Waals surface area contributed by atoms with Crippen LogP contribution in [0, 0.1) is 12.8 Å². The molecular weight excluding hydrogens is 186 g/mol. The maximum atomic E-state index is 4.20. The molecule has 1 unspecified atom stereocenters. The van der Waals surface area contributed by atoms with E-state index in [2.05, 4.69) is 41.3 Å². The molecule has 3 nitrogen and oxygen atoms in total. The number of aryl methyl sites for hydroxylation is 1. The van der Waals surface area contributed by atoms with Gasteiger partial charge < -0.3 is 10.2 Å². The van der Waals surface area contributed by atoms with E-state index in [1.54, 1.807) is 0 Å². The summed E-state index contributed by atoms with van der Waals surface area (Å²) in [4.78, 5) is 6.47. The van der Waals surface area contributed by atoms with Crippen LogP contribution in [0.5, 0.6) is 0 Å². The summed E-state index contributed by atoms with van der Waals surface area (Å²) in [5, 5.41) is 3.20. The van der Waals surface area contributed by atoms with E-state index in [4.69, 9.17) is 0 Å². The molecule has 0 aliphatic heterocycles. The topological polar surface area (TPSA) is 28.2 Å². The molecule has 1 N–H and O–H groups in total. The van der Waals surface area contributed by atoms with Gasteiger partial charge in [0.15, 0.2) is 0 Å². The number of rotatable bonds is 5. The summed E-state index contributed by atoms with van der Waals surface area (Å²) < 4.78 is 0. The Morgan fingerprint density at radius 2 is 2.27 bits per heavy atom. The Balaban J connectivity index is 2.56. The Morgan fingerprint density at radius 3 is 2.87 bits per heavy atom. The molecule has 0 aromatic carbocycles. The monoisotopic (exact) mass is 207 g/mol. The number of nitrogens with zero attached hydrogens (tertiary/aromatic N) is 2. The predicted molar refractivity (Wildman–Crippen MR) is 65.3 cm³/mol.